The second kappa shape index (κ2) is 9.96. The number of aliphatic hydroxyl groups is 1. The molecule has 2 unspecified atom stereocenters. The van der Waals surface area contributed by atoms with Gasteiger partial charge in [-0.3, -0.25) is 4.57 Å². The Kier molecular flexibility index (Phi) is 6.21. The summed E-state index contributed by atoms with van der Waals surface area (Å²) >= 11 is 0. The largest absolute Gasteiger partial charge is 0.478 e. The summed E-state index contributed by atoms with van der Waals surface area (Å²) in [7, 11) is 0. The zero-order valence-electron chi connectivity index (χ0n) is 20.1. The van der Waals surface area contributed by atoms with Crippen LogP contribution in [-0.4, -0.2) is 45.1 Å². The lowest BCUT2D eigenvalue weighted by Gasteiger charge is -2.25. The van der Waals surface area contributed by atoms with Crippen molar-refractivity contribution in [2.24, 2.45) is 0 Å². The third kappa shape index (κ3) is 4.86. The minimum Gasteiger partial charge on any atom is -0.478 e. The van der Waals surface area contributed by atoms with Gasteiger partial charge in [-0.25, -0.2) is 9.78 Å². The highest BCUT2D eigenvalue weighted by Gasteiger charge is 2.24. The molecule has 2 atom stereocenters. The Hall–Kier alpha value is -4.35. The van der Waals surface area contributed by atoms with E-state index in [0.717, 1.165) is 40.8 Å². The molecule has 0 fully saturated rings. The van der Waals surface area contributed by atoms with E-state index in [1.54, 1.807) is 29.0 Å². The number of aromatic nitrogens is 3. The van der Waals surface area contributed by atoms with Crippen molar-refractivity contribution in [2.75, 3.05) is 13.2 Å². The first-order valence-electron chi connectivity index (χ1n) is 12.3. The molecule has 37 heavy (non-hydrogen) atoms. The normalized spacial score (nSPS) is 18.0. The van der Waals surface area contributed by atoms with Crippen LogP contribution in [0.3, 0.4) is 0 Å². The van der Waals surface area contributed by atoms with Crippen LogP contribution in [0.5, 0.6) is 17.5 Å². The van der Waals surface area contributed by atoms with Crippen molar-refractivity contribution in [2.45, 2.75) is 38.0 Å². The van der Waals surface area contributed by atoms with Crippen LogP contribution >= 0.6 is 0 Å². The molecule has 1 aromatic carbocycles. The van der Waals surface area contributed by atoms with E-state index in [1.807, 2.05) is 30.4 Å². The third-order valence-electron chi connectivity index (χ3n) is 6.52. The first kappa shape index (κ1) is 23.1. The van der Waals surface area contributed by atoms with E-state index < -0.39 is 6.10 Å². The van der Waals surface area contributed by atoms with Crippen LogP contribution in [0.15, 0.2) is 71.2 Å². The molecule has 186 valence electrons. The van der Waals surface area contributed by atoms with E-state index in [1.165, 1.54) is 0 Å². The fourth-order valence-corrected chi connectivity index (χ4v) is 4.65. The topological polar surface area (TPSA) is 95.7 Å². The summed E-state index contributed by atoms with van der Waals surface area (Å²) in [5, 5.41) is 10.4. The van der Waals surface area contributed by atoms with E-state index >= 15 is 0 Å². The first-order valence-corrected chi connectivity index (χ1v) is 12.3. The van der Waals surface area contributed by atoms with Crippen LogP contribution < -0.4 is 19.9 Å². The van der Waals surface area contributed by atoms with Gasteiger partial charge in [0.2, 0.25) is 5.88 Å². The molecule has 1 aliphatic carbocycles. The van der Waals surface area contributed by atoms with Crippen molar-refractivity contribution in [1.29, 1.82) is 0 Å². The molecule has 0 spiro atoms. The van der Waals surface area contributed by atoms with Crippen LogP contribution in [-0.2, 0) is 13.0 Å². The summed E-state index contributed by atoms with van der Waals surface area (Å²) in [6.07, 6.45) is 9.12. The number of pyridine rings is 1. The summed E-state index contributed by atoms with van der Waals surface area (Å²) in [4.78, 5) is 21.0. The number of allylic oxidation sites excluding steroid dienone is 2. The quantitative estimate of drug-likeness (QED) is 0.556. The maximum Gasteiger partial charge on any atom is 0.351 e. The molecule has 8 nitrogen and oxygen atoms in total. The maximum atomic E-state index is 12.8. The molecular weight excluding hydrogens is 470 g/mol. The van der Waals surface area contributed by atoms with Crippen molar-refractivity contribution in [3.8, 4) is 40.6 Å². The second-order valence-electron chi connectivity index (χ2n) is 9.06. The number of benzene rings is 1. The highest BCUT2D eigenvalue weighted by atomic mass is 16.6. The molecule has 3 aromatic rings. The number of hydrogen-bond donors (Lipinski definition) is 1. The molecule has 0 saturated heterocycles. The molecule has 3 aliphatic rings. The third-order valence-corrected chi connectivity index (χ3v) is 6.52. The van der Waals surface area contributed by atoms with E-state index in [9.17, 15) is 9.90 Å². The Morgan fingerprint density at radius 2 is 2.19 bits per heavy atom. The molecule has 6 rings (SSSR count). The summed E-state index contributed by atoms with van der Waals surface area (Å²) in [6.45, 7) is 0.997. The number of fused-ring (bicyclic) bond motifs is 4. The highest BCUT2D eigenvalue weighted by molar-refractivity contribution is 5.68. The van der Waals surface area contributed by atoms with Gasteiger partial charge in [0.15, 0.2) is 11.9 Å². The zero-order chi connectivity index (χ0) is 25.2. The number of aryl methyl sites for hydroxylation is 1. The Bertz CT molecular complexity index is 1530. The second-order valence-corrected chi connectivity index (χ2v) is 9.06. The molecule has 2 aromatic heterocycles. The van der Waals surface area contributed by atoms with Gasteiger partial charge in [0.05, 0.1) is 5.69 Å². The van der Waals surface area contributed by atoms with E-state index in [4.69, 9.17) is 14.2 Å². The average molecular weight is 496 g/mol. The van der Waals surface area contributed by atoms with Gasteiger partial charge in [0.25, 0.3) is 5.88 Å². The predicted molar refractivity (Wildman–Crippen MR) is 137 cm³/mol. The average Bonchev–Trinajstić information content (AvgIpc) is 2.95. The molecular formula is C29H25N3O5. The molecule has 0 bridgehead atoms. The predicted octanol–water partition coefficient (Wildman–Crippen LogP) is 3.07. The number of ether oxygens (including phenoxy) is 3. The summed E-state index contributed by atoms with van der Waals surface area (Å²) < 4.78 is 19.0. The van der Waals surface area contributed by atoms with E-state index in [0.29, 0.717) is 31.2 Å². The standard InChI is InChI=1S/C29H25N3O5/c33-25(20-5-2-1-3-6-20)11-9-19-8-10-23-21(15-19)12-14-32-24(23)16-27(31-29(32)34)35-17-22-18-36-28-26(37-22)7-4-13-30-28/h2,4-8,10,13,15-16,22,25,33H,1,3,12,14,17-18H2. The monoisotopic (exact) mass is 495 g/mol. The molecule has 0 amide bonds. The van der Waals surface area contributed by atoms with Crippen molar-refractivity contribution < 1.29 is 19.3 Å². The van der Waals surface area contributed by atoms with Crippen LogP contribution in [0.25, 0.3) is 11.3 Å². The fraction of sp³-hybridized carbons (Fsp3) is 0.276. The Morgan fingerprint density at radius 1 is 1.24 bits per heavy atom. The minimum atomic E-state index is -0.805. The van der Waals surface area contributed by atoms with Crippen LogP contribution in [0.1, 0.15) is 24.0 Å². The summed E-state index contributed by atoms with van der Waals surface area (Å²) in [5.74, 6) is 7.30. The Morgan fingerprint density at radius 3 is 3.08 bits per heavy atom. The summed E-state index contributed by atoms with van der Waals surface area (Å²) in [6, 6.07) is 11.2. The Labute approximate surface area is 213 Å². The van der Waals surface area contributed by atoms with Crippen LogP contribution in [0.2, 0.25) is 0 Å². The van der Waals surface area contributed by atoms with Crippen molar-refractivity contribution in [3.63, 3.8) is 0 Å². The molecule has 4 heterocycles. The van der Waals surface area contributed by atoms with Crippen molar-refractivity contribution in [1.82, 2.24) is 14.5 Å². The van der Waals surface area contributed by atoms with Gasteiger partial charge in [0, 0.05) is 29.9 Å². The molecule has 2 aliphatic heterocycles. The van der Waals surface area contributed by atoms with E-state index in [-0.39, 0.29) is 24.3 Å². The molecule has 1 N–H and O–H groups in total. The lowest BCUT2D eigenvalue weighted by molar-refractivity contribution is 0.0486. The van der Waals surface area contributed by atoms with E-state index in [2.05, 4.69) is 27.9 Å². The number of rotatable bonds is 4. The number of aliphatic hydroxyl groups excluding tert-OH is 1. The molecule has 0 saturated carbocycles. The Balaban J connectivity index is 1.19. The lowest BCUT2D eigenvalue weighted by Crippen LogP contribution is -2.35. The SMILES string of the molecule is O=c1nc(OCC2COc3ncccc3O2)cc2n1CCc1cc(C#CC(O)C3=CCCC=C3)ccc1-2. The van der Waals surface area contributed by atoms with Crippen molar-refractivity contribution >= 4 is 0 Å². The fourth-order valence-electron chi connectivity index (χ4n) is 4.65. The smallest absolute Gasteiger partial charge is 0.351 e. The van der Waals surface area contributed by atoms with Crippen LogP contribution in [0.4, 0.5) is 0 Å². The first-order chi connectivity index (χ1) is 18.1. The van der Waals surface area contributed by atoms with Gasteiger partial charge < -0.3 is 19.3 Å². The van der Waals surface area contributed by atoms with Gasteiger partial charge in [-0.2, -0.15) is 4.98 Å². The maximum absolute atomic E-state index is 12.8. The zero-order valence-corrected chi connectivity index (χ0v) is 20.1. The lowest BCUT2D eigenvalue weighted by atomic mass is 9.95. The highest BCUT2D eigenvalue weighted by Crippen LogP contribution is 2.31. The molecule has 8 heteroatoms. The van der Waals surface area contributed by atoms with Crippen molar-refractivity contribution in [3.05, 3.63) is 88.0 Å². The van der Waals surface area contributed by atoms with Gasteiger partial charge in [-0.05, 0) is 54.7 Å². The molecule has 0 radical (unpaired) electrons. The van der Waals surface area contributed by atoms with Gasteiger partial charge in [-0.15, -0.1) is 0 Å². The number of nitrogens with zero attached hydrogens (tertiary/aromatic N) is 3. The number of hydrogen-bond acceptors (Lipinski definition) is 7. The van der Waals surface area contributed by atoms with Gasteiger partial charge in [0.1, 0.15) is 19.3 Å². The van der Waals surface area contributed by atoms with Gasteiger partial charge >= 0.3 is 5.69 Å². The summed E-state index contributed by atoms with van der Waals surface area (Å²) in [5.41, 5.74) is 4.09. The van der Waals surface area contributed by atoms with Crippen LogP contribution in [0, 0.1) is 11.8 Å². The van der Waals surface area contributed by atoms with Gasteiger partial charge in [-0.1, -0.05) is 36.1 Å². The minimum absolute atomic E-state index is 0.180.